The molecule has 3 nitrogen and oxygen atoms in total. The normalized spacial score (nSPS) is 11.1. The second-order valence-corrected chi connectivity index (χ2v) is 8.47. The lowest BCUT2D eigenvalue weighted by molar-refractivity contribution is 0.267. The Morgan fingerprint density at radius 3 is 2.34 bits per heavy atom. The van der Waals surface area contributed by atoms with Crippen LogP contribution in [0.15, 0.2) is 68.5 Å². The molecule has 0 heterocycles. The topological polar surface area (TPSA) is 30.8 Å². The van der Waals surface area contributed by atoms with E-state index in [4.69, 9.17) is 9.47 Å². The third kappa shape index (κ3) is 5.94. The number of benzene rings is 3. The maximum absolute atomic E-state index is 6.06. The fourth-order valence-corrected chi connectivity index (χ4v) is 3.60. The van der Waals surface area contributed by atoms with Crippen molar-refractivity contribution < 1.29 is 9.47 Å². The van der Waals surface area contributed by atoms with Crippen LogP contribution in [0.1, 0.15) is 29.2 Å². The Morgan fingerprint density at radius 2 is 1.66 bits per heavy atom. The molecule has 0 bridgehead atoms. The molecule has 0 spiro atoms. The predicted octanol–water partition coefficient (Wildman–Crippen LogP) is 7.56. The van der Waals surface area contributed by atoms with Crippen molar-refractivity contribution in [2.45, 2.75) is 27.4 Å². The zero-order valence-corrected chi connectivity index (χ0v) is 19.9. The second-order valence-electron chi connectivity index (χ2n) is 6.70. The van der Waals surface area contributed by atoms with Crippen molar-refractivity contribution in [3.63, 3.8) is 0 Å². The van der Waals surface area contributed by atoms with Crippen LogP contribution in [0.5, 0.6) is 11.5 Å². The molecule has 0 aliphatic rings. The van der Waals surface area contributed by atoms with Crippen LogP contribution in [-0.4, -0.2) is 12.8 Å². The van der Waals surface area contributed by atoms with Crippen molar-refractivity contribution >= 4 is 43.8 Å². The number of rotatable bonds is 7. The van der Waals surface area contributed by atoms with Crippen LogP contribution in [0.25, 0.3) is 0 Å². The smallest absolute Gasteiger partial charge is 0.175 e. The average Bonchev–Trinajstić information content (AvgIpc) is 2.70. The van der Waals surface area contributed by atoms with E-state index in [0.717, 1.165) is 25.8 Å². The highest BCUT2D eigenvalue weighted by atomic mass is 79.9. The molecule has 150 valence electrons. The summed E-state index contributed by atoms with van der Waals surface area (Å²) in [5, 5.41) is 0. The largest absolute Gasteiger partial charge is 0.490 e. The summed E-state index contributed by atoms with van der Waals surface area (Å²) >= 11 is 7.08. The van der Waals surface area contributed by atoms with E-state index >= 15 is 0 Å². The van der Waals surface area contributed by atoms with Gasteiger partial charge in [-0.15, -0.1) is 0 Å². The first-order chi connectivity index (χ1) is 14.0. The van der Waals surface area contributed by atoms with Gasteiger partial charge < -0.3 is 9.47 Å². The molecule has 29 heavy (non-hydrogen) atoms. The summed E-state index contributed by atoms with van der Waals surface area (Å²) < 4.78 is 13.8. The summed E-state index contributed by atoms with van der Waals surface area (Å²) in [5.74, 6) is 1.39. The predicted molar refractivity (Wildman–Crippen MR) is 127 cm³/mol. The zero-order valence-electron chi connectivity index (χ0n) is 16.7. The Labute approximate surface area is 189 Å². The lowest BCUT2D eigenvalue weighted by Gasteiger charge is -2.15. The van der Waals surface area contributed by atoms with Gasteiger partial charge in [-0.05, 0) is 95.4 Å². The first-order valence-corrected chi connectivity index (χ1v) is 11.0. The van der Waals surface area contributed by atoms with Gasteiger partial charge in [0.15, 0.2) is 11.5 Å². The molecule has 0 saturated carbocycles. The molecule has 0 radical (unpaired) electrons. The van der Waals surface area contributed by atoms with Gasteiger partial charge in [-0.25, -0.2) is 0 Å². The Balaban J connectivity index is 1.82. The summed E-state index contributed by atoms with van der Waals surface area (Å²) in [6, 6.07) is 18.2. The summed E-state index contributed by atoms with van der Waals surface area (Å²) in [6.45, 7) is 7.17. The fourth-order valence-electron chi connectivity index (χ4n) is 2.76. The fraction of sp³-hybridized carbons (Fsp3) is 0.208. The molecule has 0 amide bonds. The molecule has 0 saturated heterocycles. The molecule has 0 aliphatic carbocycles. The first kappa shape index (κ1) is 21.6. The van der Waals surface area contributed by atoms with Gasteiger partial charge in [0.2, 0.25) is 0 Å². The Bertz CT molecular complexity index is 1010. The van der Waals surface area contributed by atoms with Crippen LogP contribution < -0.4 is 9.47 Å². The SMILES string of the molecule is CCOc1cc(C=Nc2ccc(C)c(C)c2)cc(Br)c1OCc1ccc(Br)cc1. The number of aliphatic imine (C=N–C) groups is 1. The maximum Gasteiger partial charge on any atom is 0.175 e. The number of nitrogens with zero attached hydrogens (tertiary/aromatic N) is 1. The van der Waals surface area contributed by atoms with E-state index in [0.29, 0.717) is 24.7 Å². The monoisotopic (exact) mass is 515 g/mol. The van der Waals surface area contributed by atoms with E-state index in [1.54, 1.807) is 0 Å². The third-order valence-electron chi connectivity index (χ3n) is 4.48. The van der Waals surface area contributed by atoms with E-state index in [9.17, 15) is 0 Å². The van der Waals surface area contributed by atoms with Crippen LogP contribution in [0.3, 0.4) is 0 Å². The number of ether oxygens (including phenoxy) is 2. The van der Waals surface area contributed by atoms with Crippen molar-refractivity contribution in [1.82, 2.24) is 0 Å². The van der Waals surface area contributed by atoms with Crippen molar-refractivity contribution in [2.24, 2.45) is 4.99 Å². The number of hydrogen-bond acceptors (Lipinski definition) is 3. The summed E-state index contributed by atoms with van der Waals surface area (Å²) in [5.41, 5.74) is 5.44. The van der Waals surface area contributed by atoms with Gasteiger partial charge in [0.1, 0.15) is 6.61 Å². The molecular weight excluding hydrogens is 494 g/mol. The Morgan fingerprint density at radius 1 is 0.897 bits per heavy atom. The minimum Gasteiger partial charge on any atom is -0.490 e. The quantitative estimate of drug-likeness (QED) is 0.303. The van der Waals surface area contributed by atoms with E-state index in [1.165, 1.54) is 11.1 Å². The highest BCUT2D eigenvalue weighted by Crippen LogP contribution is 2.37. The standard InChI is InChI=1S/C24H23Br2NO2/c1-4-28-23-13-19(14-27-21-10-5-16(2)17(3)11-21)12-22(26)24(23)29-15-18-6-8-20(25)9-7-18/h5-14H,4,15H2,1-3H3. The Hall–Kier alpha value is -2.11. The van der Waals surface area contributed by atoms with Gasteiger partial charge >= 0.3 is 0 Å². The lowest BCUT2D eigenvalue weighted by Crippen LogP contribution is -2.01. The molecule has 0 N–H and O–H groups in total. The lowest BCUT2D eigenvalue weighted by atomic mass is 10.1. The van der Waals surface area contributed by atoms with Crippen LogP contribution in [0, 0.1) is 13.8 Å². The van der Waals surface area contributed by atoms with E-state index in [1.807, 2.05) is 55.6 Å². The van der Waals surface area contributed by atoms with Crippen LogP contribution >= 0.6 is 31.9 Å². The van der Waals surface area contributed by atoms with Crippen LogP contribution in [0.4, 0.5) is 5.69 Å². The molecule has 3 aromatic carbocycles. The number of aryl methyl sites for hydroxylation is 2. The molecule has 0 aromatic heterocycles. The van der Waals surface area contributed by atoms with Gasteiger partial charge in [0.25, 0.3) is 0 Å². The molecule has 0 atom stereocenters. The summed E-state index contributed by atoms with van der Waals surface area (Å²) in [4.78, 5) is 4.61. The van der Waals surface area contributed by atoms with Crippen molar-refractivity contribution in [3.05, 3.63) is 85.8 Å². The summed E-state index contributed by atoms with van der Waals surface area (Å²) in [7, 11) is 0. The molecule has 5 heteroatoms. The van der Waals surface area contributed by atoms with Gasteiger partial charge in [-0.1, -0.05) is 34.1 Å². The minimum atomic E-state index is 0.460. The highest BCUT2D eigenvalue weighted by molar-refractivity contribution is 9.10. The molecule has 0 aliphatic heterocycles. The first-order valence-electron chi connectivity index (χ1n) is 9.41. The molecule has 3 aromatic rings. The van der Waals surface area contributed by atoms with Crippen molar-refractivity contribution in [1.29, 1.82) is 0 Å². The van der Waals surface area contributed by atoms with Gasteiger partial charge in [0.05, 0.1) is 16.8 Å². The van der Waals surface area contributed by atoms with Crippen molar-refractivity contribution in [3.8, 4) is 11.5 Å². The van der Waals surface area contributed by atoms with Gasteiger partial charge in [-0.2, -0.15) is 0 Å². The van der Waals surface area contributed by atoms with Crippen LogP contribution in [-0.2, 0) is 6.61 Å². The second kappa shape index (κ2) is 10.1. The van der Waals surface area contributed by atoms with E-state index in [-0.39, 0.29) is 0 Å². The zero-order chi connectivity index (χ0) is 20.8. The average molecular weight is 517 g/mol. The van der Waals surface area contributed by atoms with E-state index in [2.05, 4.69) is 62.8 Å². The molecule has 0 unspecified atom stereocenters. The third-order valence-corrected chi connectivity index (χ3v) is 5.60. The summed E-state index contributed by atoms with van der Waals surface area (Å²) in [6.07, 6.45) is 1.84. The molecular formula is C24H23Br2NO2. The maximum atomic E-state index is 6.06. The van der Waals surface area contributed by atoms with Crippen LogP contribution in [0.2, 0.25) is 0 Å². The number of hydrogen-bond donors (Lipinski definition) is 0. The van der Waals surface area contributed by atoms with Crippen molar-refractivity contribution in [2.75, 3.05) is 6.61 Å². The Kier molecular flexibility index (Phi) is 7.51. The number of halogens is 2. The highest BCUT2D eigenvalue weighted by Gasteiger charge is 2.12. The minimum absolute atomic E-state index is 0.460. The van der Waals surface area contributed by atoms with E-state index < -0.39 is 0 Å². The van der Waals surface area contributed by atoms with Gasteiger partial charge in [0, 0.05) is 10.7 Å². The molecule has 0 fully saturated rings. The molecule has 3 rings (SSSR count). The van der Waals surface area contributed by atoms with Gasteiger partial charge in [-0.3, -0.25) is 4.99 Å².